The number of rotatable bonds is 7. The van der Waals surface area contributed by atoms with E-state index in [-0.39, 0.29) is 10.6 Å². The Kier molecular flexibility index (Phi) is 6.62. The molecule has 0 aromatic heterocycles. The molecule has 0 unspecified atom stereocenters. The van der Waals surface area contributed by atoms with Crippen molar-refractivity contribution >= 4 is 21.6 Å². The summed E-state index contributed by atoms with van der Waals surface area (Å²) in [6, 6.07) is 12.6. The maximum Gasteiger partial charge on any atom is 0.265 e. The van der Waals surface area contributed by atoms with Crippen LogP contribution in [0, 0.1) is 11.3 Å². The Morgan fingerprint density at radius 2 is 1.82 bits per heavy atom. The molecular weight excluding hydrogens is 382 g/mol. The van der Waals surface area contributed by atoms with Crippen molar-refractivity contribution < 1.29 is 22.7 Å². The normalized spacial score (nSPS) is 12.1. The molecule has 8 nitrogen and oxygen atoms in total. The van der Waals surface area contributed by atoms with E-state index in [2.05, 4.69) is 5.32 Å². The highest BCUT2D eigenvalue weighted by molar-refractivity contribution is 7.89. The number of nitrogens with one attached hydrogen (secondary N) is 1. The fourth-order valence-electron chi connectivity index (χ4n) is 2.26. The number of anilines is 1. The summed E-state index contributed by atoms with van der Waals surface area (Å²) in [5, 5.41) is 11.4. The van der Waals surface area contributed by atoms with Gasteiger partial charge in [0.05, 0.1) is 29.3 Å². The van der Waals surface area contributed by atoms with E-state index in [1.54, 1.807) is 31.2 Å². The number of nitriles is 1. The lowest BCUT2D eigenvalue weighted by Gasteiger charge is -2.18. The maximum absolute atomic E-state index is 12.5. The molecule has 0 aliphatic carbocycles. The Labute approximate surface area is 164 Å². The lowest BCUT2D eigenvalue weighted by Crippen LogP contribution is -2.30. The summed E-state index contributed by atoms with van der Waals surface area (Å²) in [6.45, 7) is 1.56. The van der Waals surface area contributed by atoms with Crippen LogP contribution in [0.25, 0.3) is 0 Å². The molecule has 28 heavy (non-hydrogen) atoms. The van der Waals surface area contributed by atoms with E-state index in [9.17, 15) is 13.2 Å². The molecule has 2 rings (SSSR count). The zero-order valence-electron chi connectivity index (χ0n) is 16.0. The standard InChI is InChI=1S/C19H21N3O5S/c1-13(27-15-7-5-14(12-20)6-8-15)19(23)21-17-11-16(9-10-18(17)26-4)28(24,25)22(2)3/h5-11,13H,1-4H3,(H,21,23)/t13-/m0/s1. The monoisotopic (exact) mass is 403 g/mol. The van der Waals surface area contributed by atoms with Crippen LogP contribution in [0.1, 0.15) is 12.5 Å². The number of sulfonamides is 1. The van der Waals surface area contributed by atoms with Gasteiger partial charge in [-0.05, 0) is 49.4 Å². The summed E-state index contributed by atoms with van der Waals surface area (Å²) in [6.07, 6.45) is -0.869. The summed E-state index contributed by atoms with van der Waals surface area (Å²) in [5.74, 6) is 0.260. The zero-order chi connectivity index (χ0) is 20.9. The predicted octanol–water partition coefficient (Wildman–Crippen LogP) is 2.22. The van der Waals surface area contributed by atoms with Crippen molar-refractivity contribution in [2.24, 2.45) is 0 Å². The maximum atomic E-state index is 12.5. The van der Waals surface area contributed by atoms with Crippen molar-refractivity contribution in [2.75, 3.05) is 26.5 Å². The van der Waals surface area contributed by atoms with Gasteiger partial charge in [-0.1, -0.05) is 0 Å². The van der Waals surface area contributed by atoms with Gasteiger partial charge in [-0.3, -0.25) is 4.79 Å². The second-order valence-corrected chi connectivity index (χ2v) is 8.19. The smallest absolute Gasteiger partial charge is 0.265 e. The highest BCUT2D eigenvalue weighted by atomic mass is 32.2. The summed E-state index contributed by atoms with van der Waals surface area (Å²) >= 11 is 0. The number of nitrogens with zero attached hydrogens (tertiary/aromatic N) is 2. The van der Waals surface area contributed by atoms with E-state index < -0.39 is 22.0 Å². The first-order valence-corrected chi connectivity index (χ1v) is 9.71. The minimum absolute atomic E-state index is 0.0225. The first-order chi connectivity index (χ1) is 13.2. The van der Waals surface area contributed by atoms with Gasteiger partial charge in [0.15, 0.2) is 6.10 Å². The number of hydrogen-bond acceptors (Lipinski definition) is 6. The van der Waals surface area contributed by atoms with Crippen LogP contribution in [0.5, 0.6) is 11.5 Å². The third-order valence-electron chi connectivity index (χ3n) is 3.87. The molecule has 148 valence electrons. The number of methoxy groups -OCH3 is 1. The summed E-state index contributed by atoms with van der Waals surface area (Å²) < 4.78 is 36.5. The molecule has 0 aliphatic rings. The molecule has 0 bridgehead atoms. The van der Waals surface area contributed by atoms with Crippen molar-refractivity contribution in [3.63, 3.8) is 0 Å². The van der Waals surface area contributed by atoms with Gasteiger partial charge in [0.25, 0.3) is 5.91 Å². The molecule has 0 aliphatic heterocycles. The molecule has 2 aromatic rings. The van der Waals surface area contributed by atoms with E-state index in [1.807, 2.05) is 6.07 Å². The third-order valence-corrected chi connectivity index (χ3v) is 5.68. The number of hydrogen-bond donors (Lipinski definition) is 1. The average Bonchev–Trinajstić information content (AvgIpc) is 2.68. The van der Waals surface area contributed by atoms with Crippen LogP contribution < -0.4 is 14.8 Å². The first-order valence-electron chi connectivity index (χ1n) is 8.27. The van der Waals surface area contributed by atoms with Gasteiger partial charge < -0.3 is 14.8 Å². The van der Waals surface area contributed by atoms with Gasteiger partial charge >= 0.3 is 0 Å². The number of carbonyl (C=O) groups is 1. The topological polar surface area (TPSA) is 109 Å². The lowest BCUT2D eigenvalue weighted by atomic mass is 10.2. The van der Waals surface area contributed by atoms with Crippen LogP contribution in [0.2, 0.25) is 0 Å². The van der Waals surface area contributed by atoms with Crippen LogP contribution in [0.15, 0.2) is 47.4 Å². The Hall–Kier alpha value is -3.09. The molecule has 0 saturated heterocycles. The third kappa shape index (κ3) is 4.79. The highest BCUT2D eigenvalue weighted by Gasteiger charge is 2.21. The van der Waals surface area contributed by atoms with Crippen LogP contribution in [0.4, 0.5) is 5.69 Å². The van der Waals surface area contributed by atoms with E-state index in [0.29, 0.717) is 17.1 Å². The van der Waals surface area contributed by atoms with E-state index in [1.165, 1.54) is 39.4 Å². The number of amides is 1. The Bertz CT molecular complexity index is 995. The number of ether oxygens (including phenoxy) is 2. The Balaban J connectivity index is 2.20. The molecule has 0 radical (unpaired) electrons. The molecule has 0 fully saturated rings. The number of benzene rings is 2. The molecular formula is C19H21N3O5S. The van der Waals surface area contributed by atoms with Gasteiger partial charge in [0, 0.05) is 14.1 Å². The van der Waals surface area contributed by atoms with E-state index in [4.69, 9.17) is 14.7 Å². The molecule has 0 heterocycles. The molecule has 9 heteroatoms. The molecule has 0 saturated carbocycles. The van der Waals surface area contributed by atoms with Crippen molar-refractivity contribution in [1.82, 2.24) is 4.31 Å². The summed E-state index contributed by atoms with van der Waals surface area (Å²) in [7, 11) is 0.596. The van der Waals surface area contributed by atoms with Crippen molar-refractivity contribution in [3.8, 4) is 17.6 Å². The van der Waals surface area contributed by atoms with E-state index in [0.717, 1.165) is 4.31 Å². The van der Waals surface area contributed by atoms with Gasteiger partial charge in [-0.2, -0.15) is 5.26 Å². The Morgan fingerprint density at radius 1 is 1.18 bits per heavy atom. The second-order valence-electron chi connectivity index (χ2n) is 6.04. The van der Waals surface area contributed by atoms with Crippen molar-refractivity contribution in [3.05, 3.63) is 48.0 Å². The zero-order valence-corrected chi connectivity index (χ0v) is 16.8. The largest absolute Gasteiger partial charge is 0.495 e. The molecule has 1 N–H and O–H groups in total. The fraction of sp³-hybridized carbons (Fsp3) is 0.263. The molecule has 2 aromatic carbocycles. The van der Waals surface area contributed by atoms with Crippen LogP contribution >= 0.6 is 0 Å². The second kappa shape index (κ2) is 8.73. The number of carbonyl (C=O) groups excluding carboxylic acids is 1. The average molecular weight is 403 g/mol. The predicted molar refractivity (Wildman–Crippen MR) is 104 cm³/mol. The first kappa shape index (κ1) is 21.2. The van der Waals surface area contributed by atoms with Gasteiger partial charge in [-0.25, -0.2) is 12.7 Å². The lowest BCUT2D eigenvalue weighted by molar-refractivity contribution is -0.122. The minimum atomic E-state index is -3.67. The summed E-state index contributed by atoms with van der Waals surface area (Å²) in [4.78, 5) is 12.5. The molecule has 1 amide bonds. The van der Waals surface area contributed by atoms with Crippen LogP contribution in [-0.2, 0) is 14.8 Å². The summed E-state index contributed by atoms with van der Waals surface area (Å²) in [5.41, 5.74) is 0.693. The van der Waals surface area contributed by atoms with Crippen molar-refractivity contribution in [2.45, 2.75) is 17.9 Å². The van der Waals surface area contributed by atoms with Gasteiger partial charge in [0.2, 0.25) is 10.0 Å². The molecule has 0 spiro atoms. The quantitative estimate of drug-likeness (QED) is 0.759. The van der Waals surface area contributed by atoms with Gasteiger partial charge in [-0.15, -0.1) is 0 Å². The minimum Gasteiger partial charge on any atom is -0.495 e. The molecule has 1 atom stereocenters. The van der Waals surface area contributed by atoms with Crippen LogP contribution in [0.3, 0.4) is 0 Å². The fourth-order valence-corrected chi connectivity index (χ4v) is 3.18. The van der Waals surface area contributed by atoms with E-state index >= 15 is 0 Å². The van der Waals surface area contributed by atoms with Crippen LogP contribution in [-0.4, -0.2) is 45.9 Å². The SMILES string of the molecule is COc1ccc(S(=O)(=O)N(C)C)cc1NC(=O)[C@H](C)Oc1ccc(C#N)cc1. The Morgan fingerprint density at radius 3 is 2.36 bits per heavy atom. The highest BCUT2D eigenvalue weighted by Crippen LogP contribution is 2.28. The van der Waals surface area contributed by atoms with Gasteiger partial charge in [0.1, 0.15) is 11.5 Å². The van der Waals surface area contributed by atoms with Crippen molar-refractivity contribution in [1.29, 1.82) is 5.26 Å².